The van der Waals surface area contributed by atoms with Gasteiger partial charge in [0.15, 0.2) is 0 Å². The summed E-state index contributed by atoms with van der Waals surface area (Å²) in [7, 11) is 1.33. The van der Waals surface area contributed by atoms with Gasteiger partial charge in [0.25, 0.3) is 0 Å². The van der Waals surface area contributed by atoms with Crippen LogP contribution < -0.4 is 16.0 Å². The van der Waals surface area contributed by atoms with Gasteiger partial charge in [0.05, 0.1) is 12.8 Å². The summed E-state index contributed by atoms with van der Waals surface area (Å²) in [5.74, 6) is -0.693. The molecule has 2 aromatic carbocycles. The molecule has 1 aromatic heterocycles. The van der Waals surface area contributed by atoms with Crippen molar-refractivity contribution < 1.29 is 19.1 Å². The van der Waals surface area contributed by atoms with Gasteiger partial charge in [-0.15, -0.1) is 5.10 Å². The number of amides is 3. The number of nitrogens with zero attached hydrogens (tertiary/aromatic N) is 4. The number of alkyl carbamates (subject to hydrolysis) is 1. The Morgan fingerprint density at radius 2 is 1.79 bits per heavy atom. The van der Waals surface area contributed by atoms with Gasteiger partial charge in [-0.2, -0.15) is 4.68 Å². The second-order valence-electron chi connectivity index (χ2n) is 9.23. The SMILES string of the molecule is COC(=O)NC1CCC(NC(=O)[C@H](Cc2ccccc2)NC(=O)/C=C/c2cc(Cl)ccc2-n2cnnn2)CC1. The summed E-state index contributed by atoms with van der Waals surface area (Å²) in [5, 5.41) is 20.4. The molecule has 4 rings (SSSR count). The van der Waals surface area contributed by atoms with Crippen molar-refractivity contribution in [3.8, 4) is 5.69 Å². The molecule has 1 aliphatic carbocycles. The number of halogens is 1. The Labute approximate surface area is 230 Å². The van der Waals surface area contributed by atoms with E-state index in [0.717, 1.165) is 18.4 Å². The first-order valence-electron chi connectivity index (χ1n) is 12.6. The van der Waals surface area contributed by atoms with Gasteiger partial charge in [-0.05, 0) is 65.9 Å². The summed E-state index contributed by atoms with van der Waals surface area (Å²) in [5.41, 5.74) is 2.19. The molecule has 0 aliphatic heterocycles. The van der Waals surface area contributed by atoms with Crippen molar-refractivity contribution in [1.82, 2.24) is 36.2 Å². The maximum absolute atomic E-state index is 13.3. The highest BCUT2D eigenvalue weighted by atomic mass is 35.5. The standard InChI is InChI=1S/C27H30ClN7O4/c1-39-27(38)31-22-11-9-21(10-12-22)30-26(37)23(15-18-5-3-2-4-6-18)32-25(36)14-7-19-16-20(28)8-13-24(19)35-17-29-33-34-35/h2-8,13-14,16-17,21-23H,9-12,15H2,1H3,(H,30,37)(H,31,38)(H,32,36)/b14-7+/t21?,22?,23-/m0/s1. The molecule has 1 saturated carbocycles. The van der Waals surface area contributed by atoms with Crippen LogP contribution >= 0.6 is 11.6 Å². The van der Waals surface area contributed by atoms with Gasteiger partial charge in [-0.3, -0.25) is 9.59 Å². The molecule has 0 bridgehead atoms. The summed E-state index contributed by atoms with van der Waals surface area (Å²) in [6.45, 7) is 0. The number of hydrogen-bond donors (Lipinski definition) is 3. The maximum Gasteiger partial charge on any atom is 0.407 e. The van der Waals surface area contributed by atoms with Gasteiger partial charge >= 0.3 is 6.09 Å². The smallest absolute Gasteiger partial charge is 0.407 e. The van der Waals surface area contributed by atoms with Crippen LogP contribution in [0.2, 0.25) is 5.02 Å². The Balaban J connectivity index is 1.42. The van der Waals surface area contributed by atoms with Gasteiger partial charge in [-0.25, -0.2) is 4.79 Å². The minimum Gasteiger partial charge on any atom is -0.453 e. The number of tetrazole rings is 1. The minimum atomic E-state index is -0.784. The Kier molecular flexibility index (Phi) is 9.63. The fourth-order valence-corrected chi connectivity index (χ4v) is 4.67. The number of carbonyl (C=O) groups is 3. The van der Waals surface area contributed by atoms with Crippen LogP contribution in [-0.2, 0) is 20.7 Å². The lowest BCUT2D eigenvalue weighted by atomic mass is 9.91. The second-order valence-corrected chi connectivity index (χ2v) is 9.67. The normalized spacial score (nSPS) is 17.8. The molecule has 1 atom stereocenters. The summed E-state index contributed by atoms with van der Waals surface area (Å²) in [6.07, 6.45) is 7.15. The first-order valence-corrected chi connectivity index (χ1v) is 13.0. The molecule has 1 aliphatic rings. The van der Waals surface area contributed by atoms with Crippen molar-refractivity contribution in [2.24, 2.45) is 0 Å². The molecule has 0 unspecified atom stereocenters. The van der Waals surface area contributed by atoms with Gasteiger partial charge < -0.3 is 20.7 Å². The zero-order valence-corrected chi connectivity index (χ0v) is 22.2. The monoisotopic (exact) mass is 551 g/mol. The predicted octanol–water partition coefficient (Wildman–Crippen LogP) is 2.84. The molecule has 1 heterocycles. The summed E-state index contributed by atoms with van der Waals surface area (Å²) >= 11 is 6.17. The third-order valence-electron chi connectivity index (χ3n) is 6.50. The highest BCUT2D eigenvalue weighted by molar-refractivity contribution is 6.30. The number of rotatable bonds is 9. The number of methoxy groups -OCH3 is 1. The third kappa shape index (κ3) is 8.11. The average Bonchev–Trinajstić information content (AvgIpc) is 3.48. The van der Waals surface area contributed by atoms with Crippen molar-refractivity contribution in [2.45, 2.75) is 50.2 Å². The fraction of sp³-hybridized carbons (Fsp3) is 0.333. The van der Waals surface area contributed by atoms with Crippen LogP contribution in [0.25, 0.3) is 11.8 Å². The Morgan fingerprint density at radius 3 is 2.46 bits per heavy atom. The van der Waals surface area contributed by atoms with E-state index in [1.165, 1.54) is 24.2 Å². The van der Waals surface area contributed by atoms with E-state index in [1.54, 1.807) is 24.3 Å². The van der Waals surface area contributed by atoms with Crippen LogP contribution in [-0.4, -0.2) is 63.4 Å². The molecule has 12 heteroatoms. The van der Waals surface area contributed by atoms with Crippen molar-refractivity contribution >= 4 is 35.6 Å². The molecule has 0 spiro atoms. The summed E-state index contributed by atoms with van der Waals surface area (Å²) < 4.78 is 6.13. The molecule has 1 fully saturated rings. The van der Waals surface area contributed by atoms with Gasteiger partial charge in [-0.1, -0.05) is 41.9 Å². The van der Waals surface area contributed by atoms with Crippen LogP contribution in [0.3, 0.4) is 0 Å². The maximum atomic E-state index is 13.3. The number of carbonyl (C=O) groups excluding carboxylic acids is 3. The molecule has 39 heavy (non-hydrogen) atoms. The van der Waals surface area contributed by atoms with Crippen molar-refractivity contribution in [2.75, 3.05) is 7.11 Å². The van der Waals surface area contributed by atoms with Gasteiger partial charge in [0, 0.05) is 35.2 Å². The zero-order chi connectivity index (χ0) is 27.6. The van der Waals surface area contributed by atoms with Gasteiger partial charge in [0.1, 0.15) is 12.4 Å². The first kappa shape index (κ1) is 27.8. The van der Waals surface area contributed by atoms with Gasteiger partial charge in [0.2, 0.25) is 11.8 Å². The fourth-order valence-electron chi connectivity index (χ4n) is 4.49. The quantitative estimate of drug-likeness (QED) is 0.347. The molecular formula is C27H30ClN7O4. The Hall–Kier alpha value is -4.25. The van der Waals surface area contributed by atoms with E-state index in [-0.39, 0.29) is 18.0 Å². The highest BCUT2D eigenvalue weighted by Crippen LogP contribution is 2.21. The Bertz CT molecular complexity index is 1290. The molecule has 3 amide bonds. The lowest BCUT2D eigenvalue weighted by molar-refractivity contribution is -0.127. The molecule has 0 radical (unpaired) electrons. The lowest BCUT2D eigenvalue weighted by Crippen LogP contribution is -2.52. The average molecular weight is 552 g/mol. The largest absolute Gasteiger partial charge is 0.453 e. The van der Waals surface area contributed by atoms with E-state index < -0.39 is 18.0 Å². The number of nitrogens with one attached hydrogen (secondary N) is 3. The molecular weight excluding hydrogens is 522 g/mol. The minimum absolute atomic E-state index is 0.0141. The van der Waals surface area contributed by atoms with Crippen LogP contribution in [0, 0.1) is 0 Å². The molecule has 204 valence electrons. The van der Waals surface area contributed by atoms with Crippen LogP contribution in [0.15, 0.2) is 60.9 Å². The van der Waals surface area contributed by atoms with E-state index >= 15 is 0 Å². The summed E-state index contributed by atoms with van der Waals surface area (Å²) in [4.78, 5) is 37.7. The molecule has 0 saturated heterocycles. The summed E-state index contributed by atoms with van der Waals surface area (Å²) in [6, 6.07) is 13.8. The van der Waals surface area contributed by atoms with Crippen LogP contribution in [0.1, 0.15) is 36.8 Å². The van der Waals surface area contributed by atoms with Crippen LogP contribution in [0.4, 0.5) is 4.79 Å². The first-order chi connectivity index (χ1) is 18.9. The zero-order valence-electron chi connectivity index (χ0n) is 21.4. The molecule has 3 aromatic rings. The highest BCUT2D eigenvalue weighted by Gasteiger charge is 2.27. The van der Waals surface area contributed by atoms with E-state index in [4.69, 9.17) is 11.6 Å². The third-order valence-corrected chi connectivity index (χ3v) is 6.73. The molecule has 11 nitrogen and oxygen atoms in total. The van der Waals surface area contributed by atoms with Crippen molar-refractivity contribution in [3.63, 3.8) is 0 Å². The number of aromatic nitrogens is 4. The van der Waals surface area contributed by atoms with Crippen LogP contribution in [0.5, 0.6) is 0 Å². The number of benzene rings is 2. The molecule has 3 N–H and O–H groups in total. The van der Waals surface area contributed by atoms with E-state index in [2.05, 4.69) is 36.2 Å². The lowest BCUT2D eigenvalue weighted by Gasteiger charge is -2.30. The number of ether oxygens (including phenoxy) is 1. The van der Waals surface area contributed by atoms with Crippen molar-refractivity contribution in [3.05, 3.63) is 77.1 Å². The van der Waals surface area contributed by atoms with Crippen molar-refractivity contribution in [1.29, 1.82) is 0 Å². The predicted molar refractivity (Wildman–Crippen MR) is 145 cm³/mol. The van der Waals surface area contributed by atoms with E-state index in [0.29, 0.717) is 35.5 Å². The van der Waals surface area contributed by atoms with E-state index in [9.17, 15) is 14.4 Å². The number of hydrogen-bond acceptors (Lipinski definition) is 7. The van der Waals surface area contributed by atoms with E-state index in [1.807, 2.05) is 30.3 Å². The second kappa shape index (κ2) is 13.5. The topological polar surface area (TPSA) is 140 Å². The Morgan fingerprint density at radius 1 is 1.08 bits per heavy atom.